The predicted octanol–water partition coefficient (Wildman–Crippen LogP) is 2.21. The van der Waals surface area contributed by atoms with Crippen molar-refractivity contribution in [2.75, 3.05) is 0 Å². The van der Waals surface area contributed by atoms with E-state index < -0.39 is 18.0 Å². The average Bonchev–Trinajstić information content (AvgIpc) is 2.97. The summed E-state index contributed by atoms with van der Waals surface area (Å²) in [5, 5.41) is 18.7. The molecule has 1 unspecified atom stereocenters. The lowest BCUT2D eigenvalue weighted by atomic mass is 10.1. The van der Waals surface area contributed by atoms with Crippen LogP contribution in [0.15, 0.2) is 47.5 Å². The molecule has 6 nitrogen and oxygen atoms in total. The number of halogens is 1. The van der Waals surface area contributed by atoms with Gasteiger partial charge in [-0.1, -0.05) is 18.2 Å². The first-order chi connectivity index (χ1) is 10.6. The SMILES string of the molecule is O=C(O)c1cccc(C2N=C(c3c(O)cccc3F)ON2)c1. The van der Waals surface area contributed by atoms with Crippen molar-refractivity contribution in [1.29, 1.82) is 0 Å². The highest BCUT2D eigenvalue weighted by Crippen LogP contribution is 2.27. The first-order valence-electron chi connectivity index (χ1n) is 6.37. The quantitative estimate of drug-likeness (QED) is 0.808. The van der Waals surface area contributed by atoms with Gasteiger partial charge in [-0.3, -0.25) is 0 Å². The summed E-state index contributed by atoms with van der Waals surface area (Å²) in [4.78, 5) is 20.2. The fourth-order valence-corrected chi connectivity index (χ4v) is 2.11. The van der Waals surface area contributed by atoms with E-state index in [9.17, 15) is 14.3 Å². The summed E-state index contributed by atoms with van der Waals surface area (Å²) >= 11 is 0. The van der Waals surface area contributed by atoms with Gasteiger partial charge in [-0.2, -0.15) is 0 Å². The molecule has 3 N–H and O–H groups in total. The summed E-state index contributed by atoms with van der Waals surface area (Å²) in [6.07, 6.45) is -0.687. The fourth-order valence-electron chi connectivity index (χ4n) is 2.11. The number of nitrogens with zero attached hydrogens (tertiary/aromatic N) is 1. The van der Waals surface area contributed by atoms with Crippen LogP contribution in [0.3, 0.4) is 0 Å². The molecular weight excluding hydrogens is 291 g/mol. The third kappa shape index (κ3) is 2.49. The van der Waals surface area contributed by atoms with Crippen molar-refractivity contribution in [1.82, 2.24) is 5.48 Å². The fraction of sp³-hybridized carbons (Fsp3) is 0.0667. The highest BCUT2D eigenvalue weighted by molar-refractivity contribution is 5.97. The minimum Gasteiger partial charge on any atom is -0.507 e. The van der Waals surface area contributed by atoms with Gasteiger partial charge in [-0.25, -0.2) is 14.2 Å². The Morgan fingerprint density at radius 1 is 1.27 bits per heavy atom. The molecule has 1 aliphatic heterocycles. The van der Waals surface area contributed by atoms with Gasteiger partial charge < -0.3 is 15.1 Å². The zero-order chi connectivity index (χ0) is 15.7. The number of aromatic hydroxyl groups is 1. The zero-order valence-corrected chi connectivity index (χ0v) is 11.2. The summed E-state index contributed by atoms with van der Waals surface area (Å²) in [7, 11) is 0. The second-order valence-electron chi connectivity index (χ2n) is 4.62. The van der Waals surface area contributed by atoms with Crippen molar-refractivity contribution >= 4 is 11.9 Å². The van der Waals surface area contributed by atoms with Crippen LogP contribution in [-0.4, -0.2) is 22.1 Å². The molecule has 0 fully saturated rings. The molecule has 0 aliphatic carbocycles. The Balaban J connectivity index is 1.95. The van der Waals surface area contributed by atoms with E-state index in [2.05, 4.69) is 10.5 Å². The molecule has 3 rings (SSSR count). The molecule has 22 heavy (non-hydrogen) atoms. The molecule has 0 bridgehead atoms. The number of carboxylic acid groups (broad SMARTS) is 1. The molecule has 2 aromatic carbocycles. The Morgan fingerprint density at radius 3 is 2.77 bits per heavy atom. The number of carbonyl (C=O) groups is 1. The van der Waals surface area contributed by atoms with Crippen LogP contribution >= 0.6 is 0 Å². The van der Waals surface area contributed by atoms with Crippen LogP contribution in [0.4, 0.5) is 4.39 Å². The molecule has 0 radical (unpaired) electrons. The third-order valence-corrected chi connectivity index (χ3v) is 3.17. The third-order valence-electron chi connectivity index (χ3n) is 3.17. The molecular formula is C15H11FN2O4. The highest BCUT2D eigenvalue weighted by atomic mass is 19.1. The molecule has 0 saturated carbocycles. The van der Waals surface area contributed by atoms with Crippen molar-refractivity contribution in [2.45, 2.75) is 6.17 Å². The van der Waals surface area contributed by atoms with Gasteiger partial charge in [0.2, 0.25) is 5.90 Å². The summed E-state index contributed by atoms with van der Waals surface area (Å²) in [6, 6.07) is 10.0. The number of aliphatic imine (C=N–C) groups is 1. The molecule has 0 amide bonds. The lowest BCUT2D eigenvalue weighted by Gasteiger charge is -2.06. The van der Waals surface area contributed by atoms with E-state index >= 15 is 0 Å². The Labute approximate surface area is 124 Å². The normalized spacial score (nSPS) is 17.0. The number of hydrogen-bond acceptors (Lipinski definition) is 5. The topological polar surface area (TPSA) is 91.2 Å². The predicted molar refractivity (Wildman–Crippen MR) is 75.0 cm³/mol. The molecule has 0 aromatic heterocycles. The molecule has 112 valence electrons. The van der Waals surface area contributed by atoms with Gasteiger partial charge in [-0.05, 0) is 29.8 Å². The van der Waals surface area contributed by atoms with Crippen molar-refractivity contribution in [2.24, 2.45) is 4.99 Å². The van der Waals surface area contributed by atoms with Crippen LogP contribution in [-0.2, 0) is 4.84 Å². The Bertz CT molecular complexity index is 756. The average molecular weight is 302 g/mol. The van der Waals surface area contributed by atoms with Gasteiger partial charge in [0.25, 0.3) is 0 Å². The number of nitrogens with one attached hydrogen (secondary N) is 1. The molecule has 1 atom stereocenters. The summed E-state index contributed by atoms with van der Waals surface area (Å²) in [5.41, 5.74) is 3.08. The van der Waals surface area contributed by atoms with Gasteiger partial charge in [0.15, 0.2) is 6.17 Å². The minimum atomic E-state index is -1.06. The highest BCUT2D eigenvalue weighted by Gasteiger charge is 2.26. The van der Waals surface area contributed by atoms with Gasteiger partial charge in [0.05, 0.1) is 5.56 Å². The van der Waals surface area contributed by atoms with E-state index in [4.69, 9.17) is 9.94 Å². The Morgan fingerprint density at radius 2 is 2.05 bits per heavy atom. The second-order valence-corrected chi connectivity index (χ2v) is 4.62. The van der Waals surface area contributed by atoms with E-state index in [1.165, 1.54) is 30.3 Å². The maximum Gasteiger partial charge on any atom is 0.335 e. The van der Waals surface area contributed by atoms with Crippen molar-refractivity contribution in [3.05, 3.63) is 65.0 Å². The number of rotatable bonds is 3. The lowest BCUT2D eigenvalue weighted by molar-refractivity contribution is 0.0696. The van der Waals surface area contributed by atoms with E-state index in [0.29, 0.717) is 5.56 Å². The van der Waals surface area contributed by atoms with Crippen LogP contribution in [0.5, 0.6) is 5.75 Å². The van der Waals surface area contributed by atoms with Crippen LogP contribution < -0.4 is 5.48 Å². The molecule has 1 heterocycles. The van der Waals surface area contributed by atoms with Crippen LogP contribution in [0.1, 0.15) is 27.7 Å². The maximum atomic E-state index is 13.8. The Hall–Kier alpha value is -2.93. The molecule has 7 heteroatoms. The maximum absolute atomic E-state index is 13.8. The monoisotopic (exact) mass is 302 g/mol. The van der Waals surface area contributed by atoms with Crippen molar-refractivity contribution in [3.63, 3.8) is 0 Å². The number of phenols is 1. The molecule has 0 saturated heterocycles. The van der Waals surface area contributed by atoms with Gasteiger partial charge in [-0.15, -0.1) is 5.48 Å². The number of hydrogen-bond donors (Lipinski definition) is 3. The Kier molecular flexibility index (Phi) is 3.48. The first-order valence-corrected chi connectivity index (χ1v) is 6.37. The standard InChI is InChI=1S/C15H11FN2O4/c16-10-5-2-6-11(19)12(10)14-17-13(18-22-14)8-3-1-4-9(7-8)15(20)21/h1-7,13,18-19H,(H,20,21). The van der Waals surface area contributed by atoms with Crippen molar-refractivity contribution in [3.8, 4) is 5.75 Å². The summed E-state index contributed by atoms with van der Waals surface area (Å²) < 4.78 is 13.8. The van der Waals surface area contributed by atoms with E-state index in [-0.39, 0.29) is 22.8 Å². The van der Waals surface area contributed by atoms with Gasteiger partial charge >= 0.3 is 5.97 Å². The van der Waals surface area contributed by atoms with Gasteiger partial charge in [0.1, 0.15) is 17.1 Å². The number of aromatic carboxylic acids is 1. The number of phenolic OH excluding ortho intramolecular Hbond substituents is 1. The summed E-state index contributed by atoms with van der Waals surface area (Å²) in [6.45, 7) is 0. The van der Waals surface area contributed by atoms with Crippen molar-refractivity contribution < 1.29 is 24.2 Å². The molecule has 1 aliphatic rings. The first kappa shape index (κ1) is 14.0. The van der Waals surface area contributed by atoms with E-state index in [1.807, 2.05) is 0 Å². The van der Waals surface area contributed by atoms with E-state index in [1.54, 1.807) is 12.1 Å². The zero-order valence-electron chi connectivity index (χ0n) is 11.2. The van der Waals surface area contributed by atoms with E-state index in [0.717, 1.165) is 0 Å². The second kappa shape index (κ2) is 5.45. The molecule has 0 spiro atoms. The lowest BCUT2D eigenvalue weighted by Crippen LogP contribution is -2.15. The smallest absolute Gasteiger partial charge is 0.335 e. The molecule has 2 aromatic rings. The van der Waals surface area contributed by atoms with Crippen LogP contribution in [0.25, 0.3) is 0 Å². The van der Waals surface area contributed by atoms with Crippen LogP contribution in [0.2, 0.25) is 0 Å². The number of carboxylic acids is 1. The summed E-state index contributed by atoms with van der Waals surface area (Å²) in [5.74, 6) is -2.11. The minimum absolute atomic E-state index is 0.0960. The number of hydroxylamine groups is 1. The van der Waals surface area contributed by atoms with Gasteiger partial charge in [0, 0.05) is 0 Å². The van der Waals surface area contributed by atoms with Crippen LogP contribution in [0, 0.1) is 5.82 Å². The largest absolute Gasteiger partial charge is 0.507 e. The number of benzene rings is 2.